The van der Waals surface area contributed by atoms with Gasteiger partial charge in [-0.1, -0.05) is 24.6 Å². The Bertz CT molecular complexity index is 637. The molecule has 1 atom stereocenters. The molecular formula is C21H29ClN2S. The van der Waals surface area contributed by atoms with Gasteiger partial charge in [0, 0.05) is 16.8 Å². The van der Waals surface area contributed by atoms with Gasteiger partial charge in [-0.25, -0.2) is 0 Å². The van der Waals surface area contributed by atoms with Crippen molar-refractivity contribution >= 4 is 34.6 Å². The third-order valence-electron chi connectivity index (χ3n) is 7.05. The van der Waals surface area contributed by atoms with Gasteiger partial charge in [0.15, 0.2) is 5.11 Å². The van der Waals surface area contributed by atoms with Gasteiger partial charge in [-0.15, -0.1) is 0 Å². The first-order valence-corrected chi connectivity index (χ1v) is 10.6. The van der Waals surface area contributed by atoms with Crippen LogP contribution >= 0.6 is 23.8 Å². The second-order valence-electron chi connectivity index (χ2n) is 8.75. The van der Waals surface area contributed by atoms with Crippen LogP contribution in [0.5, 0.6) is 0 Å². The first-order valence-electron chi connectivity index (χ1n) is 9.81. The molecule has 1 aromatic rings. The van der Waals surface area contributed by atoms with Crippen LogP contribution in [0.25, 0.3) is 0 Å². The molecule has 4 aliphatic carbocycles. The van der Waals surface area contributed by atoms with Crippen LogP contribution in [-0.4, -0.2) is 11.2 Å². The zero-order valence-corrected chi connectivity index (χ0v) is 16.8. The van der Waals surface area contributed by atoms with Crippen LogP contribution in [0.3, 0.4) is 0 Å². The normalized spacial score (nSPS) is 34.0. The van der Waals surface area contributed by atoms with E-state index in [4.69, 9.17) is 23.8 Å². The molecule has 0 saturated heterocycles. The van der Waals surface area contributed by atoms with E-state index < -0.39 is 0 Å². The van der Waals surface area contributed by atoms with Crippen LogP contribution in [0.4, 0.5) is 5.69 Å². The second-order valence-corrected chi connectivity index (χ2v) is 9.57. The molecule has 4 fully saturated rings. The quantitative estimate of drug-likeness (QED) is 0.637. The van der Waals surface area contributed by atoms with Crippen molar-refractivity contribution < 1.29 is 0 Å². The van der Waals surface area contributed by atoms with E-state index in [-0.39, 0.29) is 0 Å². The van der Waals surface area contributed by atoms with Crippen molar-refractivity contribution in [3.8, 4) is 0 Å². The molecule has 0 heterocycles. The van der Waals surface area contributed by atoms with Gasteiger partial charge in [0.05, 0.1) is 0 Å². The molecule has 4 heteroatoms. The first-order chi connectivity index (χ1) is 12.0. The summed E-state index contributed by atoms with van der Waals surface area (Å²) in [5, 5.41) is 8.60. The molecule has 25 heavy (non-hydrogen) atoms. The molecule has 4 aliphatic rings. The molecule has 0 aliphatic heterocycles. The van der Waals surface area contributed by atoms with Crippen LogP contribution in [0.1, 0.15) is 57.4 Å². The van der Waals surface area contributed by atoms with E-state index in [1.54, 1.807) is 0 Å². The molecule has 0 amide bonds. The zero-order chi connectivity index (χ0) is 17.6. The van der Waals surface area contributed by atoms with Crippen molar-refractivity contribution in [2.45, 2.75) is 64.8 Å². The molecule has 4 bridgehead atoms. The van der Waals surface area contributed by atoms with Gasteiger partial charge in [-0.05, 0) is 105 Å². The number of hydrogen-bond acceptors (Lipinski definition) is 1. The van der Waals surface area contributed by atoms with Gasteiger partial charge < -0.3 is 10.6 Å². The topological polar surface area (TPSA) is 24.1 Å². The minimum Gasteiger partial charge on any atom is -0.359 e. The van der Waals surface area contributed by atoms with Crippen LogP contribution < -0.4 is 10.6 Å². The van der Waals surface area contributed by atoms with Crippen LogP contribution in [0.2, 0.25) is 5.02 Å². The fourth-order valence-corrected chi connectivity index (χ4v) is 6.78. The lowest BCUT2D eigenvalue weighted by Crippen LogP contribution is -2.57. The van der Waals surface area contributed by atoms with Crippen LogP contribution in [-0.2, 0) is 0 Å². The molecule has 0 spiro atoms. The number of anilines is 1. The minimum absolute atomic E-state index is 0.471. The maximum Gasteiger partial charge on any atom is 0.171 e. The lowest BCUT2D eigenvalue weighted by Gasteiger charge is -2.59. The Kier molecular flexibility index (Phi) is 4.74. The molecule has 136 valence electrons. The summed E-state index contributed by atoms with van der Waals surface area (Å²) >= 11 is 11.9. The molecule has 5 rings (SSSR count). The number of halogens is 1. The number of nitrogens with one attached hydrogen (secondary N) is 2. The third-order valence-corrected chi connectivity index (χ3v) is 7.68. The largest absolute Gasteiger partial charge is 0.359 e. The van der Waals surface area contributed by atoms with E-state index in [1.165, 1.54) is 38.5 Å². The van der Waals surface area contributed by atoms with Gasteiger partial charge in [-0.3, -0.25) is 0 Å². The van der Waals surface area contributed by atoms with Crippen molar-refractivity contribution in [1.82, 2.24) is 5.32 Å². The lowest BCUT2D eigenvalue weighted by atomic mass is 9.47. The molecule has 2 N–H and O–H groups in total. The Morgan fingerprint density at radius 2 is 1.80 bits per heavy atom. The molecule has 0 radical (unpaired) electrons. The molecule has 4 saturated carbocycles. The SMILES string of the molecule is CCC(NC(=S)Nc1cccc(Cl)c1C)C12CC3CC(CC(C3)C1)C2. The van der Waals surface area contributed by atoms with Gasteiger partial charge in [-0.2, -0.15) is 0 Å². The van der Waals surface area contributed by atoms with E-state index in [0.29, 0.717) is 11.5 Å². The summed E-state index contributed by atoms with van der Waals surface area (Å²) in [6.45, 7) is 4.34. The third kappa shape index (κ3) is 3.30. The Labute approximate surface area is 162 Å². The summed E-state index contributed by atoms with van der Waals surface area (Å²) in [5.41, 5.74) is 2.53. The Hall–Kier alpha value is -0.800. The van der Waals surface area contributed by atoms with Gasteiger partial charge in [0.25, 0.3) is 0 Å². The summed E-state index contributed by atoms with van der Waals surface area (Å²) in [4.78, 5) is 0. The van der Waals surface area contributed by atoms with E-state index in [0.717, 1.165) is 45.6 Å². The Morgan fingerprint density at radius 1 is 1.20 bits per heavy atom. The molecule has 1 unspecified atom stereocenters. The number of hydrogen-bond donors (Lipinski definition) is 2. The predicted molar refractivity (Wildman–Crippen MR) is 110 cm³/mol. The van der Waals surface area contributed by atoms with Gasteiger partial charge in [0.1, 0.15) is 0 Å². The Morgan fingerprint density at radius 3 is 2.36 bits per heavy atom. The van der Waals surface area contributed by atoms with Crippen LogP contribution in [0.15, 0.2) is 18.2 Å². The maximum absolute atomic E-state index is 6.24. The molecule has 1 aromatic carbocycles. The summed E-state index contributed by atoms with van der Waals surface area (Å²) in [5.74, 6) is 2.91. The fraction of sp³-hybridized carbons (Fsp3) is 0.667. The van der Waals surface area contributed by atoms with Gasteiger partial charge >= 0.3 is 0 Å². The summed E-state index contributed by atoms with van der Waals surface area (Å²) in [6.07, 6.45) is 9.82. The highest BCUT2D eigenvalue weighted by molar-refractivity contribution is 7.80. The molecule has 2 nitrogen and oxygen atoms in total. The van der Waals surface area contributed by atoms with Crippen LogP contribution in [0, 0.1) is 30.1 Å². The maximum atomic E-state index is 6.24. The van der Waals surface area contributed by atoms with E-state index in [1.807, 2.05) is 25.1 Å². The van der Waals surface area contributed by atoms with E-state index >= 15 is 0 Å². The van der Waals surface area contributed by atoms with Crippen molar-refractivity contribution in [3.63, 3.8) is 0 Å². The number of rotatable bonds is 4. The standard InChI is InChI=1S/C21H29ClN2S/c1-3-19(21-10-14-7-15(11-21)9-16(8-14)12-21)24-20(25)23-18-6-4-5-17(22)13(18)2/h4-6,14-16,19H,3,7-12H2,1-2H3,(H2,23,24,25). The van der Waals surface area contributed by atoms with E-state index in [2.05, 4.69) is 17.6 Å². The average molecular weight is 377 g/mol. The van der Waals surface area contributed by atoms with E-state index in [9.17, 15) is 0 Å². The monoisotopic (exact) mass is 376 g/mol. The average Bonchev–Trinajstić information content (AvgIpc) is 2.55. The summed E-state index contributed by atoms with van der Waals surface area (Å²) in [7, 11) is 0. The van der Waals surface area contributed by atoms with Crippen molar-refractivity contribution in [3.05, 3.63) is 28.8 Å². The Balaban J connectivity index is 1.47. The highest BCUT2D eigenvalue weighted by Crippen LogP contribution is 2.61. The highest BCUT2D eigenvalue weighted by atomic mass is 35.5. The fourth-order valence-electron chi connectivity index (χ4n) is 6.35. The first kappa shape index (κ1) is 17.6. The second kappa shape index (κ2) is 6.74. The van der Waals surface area contributed by atoms with Crippen molar-refractivity contribution in [2.75, 3.05) is 5.32 Å². The molecule has 0 aromatic heterocycles. The summed E-state index contributed by atoms with van der Waals surface area (Å²) < 4.78 is 0. The lowest BCUT2D eigenvalue weighted by molar-refractivity contribution is -0.0709. The number of benzene rings is 1. The smallest absolute Gasteiger partial charge is 0.171 e. The van der Waals surface area contributed by atoms with Crippen molar-refractivity contribution in [1.29, 1.82) is 0 Å². The molecular weight excluding hydrogens is 348 g/mol. The van der Waals surface area contributed by atoms with Crippen molar-refractivity contribution in [2.24, 2.45) is 23.2 Å². The zero-order valence-electron chi connectivity index (χ0n) is 15.3. The number of thiocarbonyl (C=S) groups is 1. The summed E-state index contributed by atoms with van der Waals surface area (Å²) in [6, 6.07) is 6.42. The highest BCUT2D eigenvalue weighted by Gasteiger charge is 2.53. The predicted octanol–water partition coefficient (Wildman–Crippen LogP) is 5.93. The minimum atomic E-state index is 0.471. The van der Waals surface area contributed by atoms with Gasteiger partial charge in [0.2, 0.25) is 0 Å².